The highest BCUT2D eigenvalue weighted by molar-refractivity contribution is 4.81. The number of rotatable bonds is 5. The average molecular weight is 200 g/mol. The van der Waals surface area contributed by atoms with E-state index >= 15 is 0 Å². The lowest BCUT2D eigenvalue weighted by atomic mass is 9.92. The molecule has 0 aliphatic carbocycles. The van der Waals surface area contributed by atoms with E-state index in [-0.39, 0.29) is 0 Å². The second kappa shape index (κ2) is 6.38. The van der Waals surface area contributed by atoms with Crippen LogP contribution in [0.25, 0.3) is 0 Å². The maximum Gasteiger partial charge on any atom is 0.0509 e. The lowest BCUT2D eigenvalue weighted by Crippen LogP contribution is -2.47. The third kappa shape index (κ3) is 2.94. The van der Waals surface area contributed by atoms with Crippen molar-refractivity contribution in [3.8, 4) is 0 Å². The van der Waals surface area contributed by atoms with E-state index in [1.54, 1.807) is 0 Å². The zero-order valence-electron chi connectivity index (χ0n) is 9.54. The molecular weight excluding hydrogens is 176 g/mol. The molecule has 0 amide bonds. The number of nitrogens with two attached hydrogens (primary N) is 1. The van der Waals surface area contributed by atoms with Gasteiger partial charge in [-0.25, -0.2) is 0 Å². The third-order valence-corrected chi connectivity index (χ3v) is 3.26. The van der Waals surface area contributed by atoms with Gasteiger partial charge in [-0.3, -0.25) is 4.90 Å². The molecule has 0 aromatic rings. The largest absolute Gasteiger partial charge is 0.381 e. The fourth-order valence-corrected chi connectivity index (χ4v) is 2.40. The molecule has 84 valence electrons. The van der Waals surface area contributed by atoms with Crippen molar-refractivity contribution in [3.05, 3.63) is 0 Å². The summed E-state index contributed by atoms with van der Waals surface area (Å²) in [5.74, 6) is 0.647. The highest BCUT2D eigenvalue weighted by atomic mass is 16.5. The van der Waals surface area contributed by atoms with E-state index in [0.717, 1.165) is 32.8 Å². The number of hydrogen-bond acceptors (Lipinski definition) is 3. The average Bonchev–Trinajstić information content (AvgIpc) is 2.27. The van der Waals surface area contributed by atoms with E-state index < -0.39 is 0 Å². The van der Waals surface area contributed by atoms with Gasteiger partial charge in [0.05, 0.1) is 6.61 Å². The standard InChI is InChI=1S/C11H24N2O/c1-3-13(4-2)11(8-12)10-6-5-7-14-9-10/h10-11H,3-9,12H2,1-2H3. The highest BCUT2D eigenvalue weighted by Gasteiger charge is 2.26. The van der Waals surface area contributed by atoms with Gasteiger partial charge < -0.3 is 10.5 Å². The Morgan fingerprint density at radius 1 is 1.43 bits per heavy atom. The number of ether oxygens (including phenoxy) is 1. The monoisotopic (exact) mass is 200 g/mol. The van der Waals surface area contributed by atoms with Crippen molar-refractivity contribution in [3.63, 3.8) is 0 Å². The molecule has 2 atom stereocenters. The van der Waals surface area contributed by atoms with Gasteiger partial charge in [-0.05, 0) is 31.8 Å². The van der Waals surface area contributed by atoms with Crippen LogP contribution in [0.1, 0.15) is 26.7 Å². The lowest BCUT2D eigenvalue weighted by molar-refractivity contribution is 0.0136. The van der Waals surface area contributed by atoms with Gasteiger partial charge in [0, 0.05) is 19.2 Å². The molecule has 14 heavy (non-hydrogen) atoms. The maximum atomic E-state index is 5.86. The summed E-state index contributed by atoms with van der Waals surface area (Å²) >= 11 is 0. The van der Waals surface area contributed by atoms with E-state index in [1.165, 1.54) is 12.8 Å². The molecule has 0 aromatic carbocycles. The fraction of sp³-hybridized carbons (Fsp3) is 1.00. The van der Waals surface area contributed by atoms with Crippen molar-refractivity contribution in [2.75, 3.05) is 32.8 Å². The van der Waals surface area contributed by atoms with Gasteiger partial charge in [0.25, 0.3) is 0 Å². The summed E-state index contributed by atoms with van der Waals surface area (Å²) < 4.78 is 5.52. The SMILES string of the molecule is CCN(CC)C(CN)C1CCCOC1. The molecule has 0 aromatic heterocycles. The van der Waals surface area contributed by atoms with Crippen LogP contribution in [0.15, 0.2) is 0 Å². The first kappa shape index (κ1) is 12.0. The summed E-state index contributed by atoms with van der Waals surface area (Å²) in [6.45, 7) is 9.19. The second-order valence-corrected chi connectivity index (χ2v) is 4.00. The Kier molecular flexibility index (Phi) is 5.45. The van der Waals surface area contributed by atoms with Crippen LogP contribution in [0.5, 0.6) is 0 Å². The zero-order chi connectivity index (χ0) is 10.4. The molecule has 3 nitrogen and oxygen atoms in total. The van der Waals surface area contributed by atoms with E-state index in [2.05, 4.69) is 18.7 Å². The van der Waals surface area contributed by atoms with Crippen LogP contribution in [0.4, 0.5) is 0 Å². The molecule has 2 N–H and O–H groups in total. The lowest BCUT2D eigenvalue weighted by Gasteiger charge is -2.36. The molecule has 3 heteroatoms. The van der Waals surface area contributed by atoms with Crippen LogP contribution < -0.4 is 5.73 Å². The summed E-state index contributed by atoms with van der Waals surface area (Å²) in [7, 11) is 0. The quantitative estimate of drug-likeness (QED) is 0.722. The van der Waals surface area contributed by atoms with E-state index in [1.807, 2.05) is 0 Å². The van der Waals surface area contributed by atoms with Crippen LogP contribution in [0.3, 0.4) is 0 Å². The number of nitrogens with zero attached hydrogens (tertiary/aromatic N) is 1. The summed E-state index contributed by atoms with van der Waals surface area (Å²) in [5.41, 5.74) is 5.86. The summed E-state index contributed by atoms with van der Waals surface area (Å²) in [4.78, 5) is 2.46. The molecule has 0 radical (unpaired) electrons. The summed E-state index contributed by atoms with van der Waals surface area (Å²) in [6.07, 6.45) is 2.47. The van der Waals surface area contributed by atoms with Crippen LogP contribution in [-0.4, -0.2) is 43.8 Å². The van der Waals surface area contributed by atoms with E-state index in [9.17, 15) is 0 Å². The Labute approximate surface area is 87.6 Å². The molecule has 0 spiro atoms. The molecule has 0 bridgehead atoms. The van der Waals surface area contributed by atoms with Crippen molar-refractivity contribution in [2.24, 2.45) is 11.7 Å². The van der Waals surface area contributed by atoms with Gasteiger partial charge in [0.15, 0.2) is 0 Å². The summed E-state index contributed by atoms with van der Waals surface area (Å²) in [6, 6.07) is 0.519. The molecule has 1 rings (SSSR count). The van der Waals surface area contributed by atoms with Crippen LogP contribution in [0, 0.1) is 5.92 Å². The first-order valence-electron chi connectivity index (χ1n) is 5.85. The smallest absolute Gasteiger partial charge is 0.0509 e. The topological polar surface area (TPSA) is 38.5 Å². The van der Waals surface area contributed by atoms with Crippen LogP contribution in [0.2, 0.25) is 0 Å². The highest BCUT2D eigenvalue weighted by Crippen LogP contribution is 2.20. The Morgan fingerprint density at radius 2 is 2.14 bits per heavy atom. The van der Waals surface area contributed by atoms with Gasteiger partial charge in [0.2, 0.25) is 0 Å². The minimum absolute atomic E-state index is 0.519. The maximum absolute atomic E-state index is 5.86. The van der Waals surface area contributed by atoms with Crippen molar-refractivity contribution in [2.45, 2.75) is 32.7 Å². The summed E-state index contributed by atoms with van der Waals surface area (Å²) in [5, 5.41) is 0. The predicted octanol–water partition coefficient (Wildman–Crippen LogP) is 1.08. The number of hydrogen-bond donors (Lipinski definition) is 1. The van der Waals surface area contributed by atoms with Crippen LogP contribution >= 0.6 is 0 Å². The van der Waals surface area contributed by atoms with E-state index in [4.69, 9.17) is 10.5 Å². The first-order valence-corrected chi connectivity index (χ1v) is 5.85. The minimum Gasteiger partial charge on any atom is -0.381 e. The van der Waals surface area contributed by atoms with Crippen molar-refractivity contribution in [1.29, 1.82) is 0 Å². The molecule has 1 heterocycles. The molecule has 1 fully saturated rings. The Bertz CT molecular complexity index is 142. The first-order chi connectivity index (χ1) is 6.83. The minimum atomic E-state index is 0.519. The Balaban J connectivity index is 2.49. The normalized spacial score (nSPS) is 25.3. The molecule has 1 aliphatic heterocycles. The molecule has 2 unspecified atom stereocenters. The number of likely N-dealkylation sites (N-methyl/N-ethyl adjacent to an activating group) is 1. The van der Waals surface area contributed by atoms with Crippen molar-refractivity contribution >= 4 is 0 Å². The van der Waals surface area contributed by atoms with Gasteiger partial charge in [-0.15, -0.1) is 0 Å². The van der Waals surface area contributed by atoms with Gasteiger partial charge in [-0.1, -0.05) is 13.8 Å². The van der Waals surface area contributed by atoms with Gasteiger partial charge in [0.1, 0.15) is 0 Å². The molecule has 1 saturated heterocycles. The molecule has 0 saturated carbocycles. The molecular formula is C11H24N2O. The van der Waals surface area contributed by atoms with Crippen LogP contribution in [-0.2, 0) is 4.74 Å². The predicted molar refractivity (Wildman–Crippen MR) is 59.3 cm³/mol. The van der Waals surface area contributed by atoms with Crippen molar-refractivity contribution in [1.82, 2.24) is 4.90 Å². The Morgan fingerprint density at radius 3 is 2.57 bits per heavy atom. The van der Waals surface area contributed by atoms with E-state index in [0.29, 0.717) is 12.0 Å². The second-order valence-electron chi connectivity index (χ2n) is 4.00. The zero-order valence-corrected chi connectivity index (χ0v) is 9.54. The fourth-order valence-electron chi connectivity index (χ4n) is 2.40. The molecule has 1 aliphatic rings. The van der Waals surface area contributed by atoms with Gasteiger partial charge in [-0.2, -0.15) is 0 Å². The Hall–Kier alpha value is -0.120. The van der Waals surface area contributed by atoms with Gasteiger partial charge >= 0.3 is 0 Å². The third-order valence-electron chi connectivity index (χ3n) is 3.26. The van der Waals surface area contributed by atoms with Crippen molar-refractivity contribution < 1.29 is 4.74 Å².